The van der Waals surface area contributed by atoms with Crippen molar-refractivity contribution in [2.75, 3.05) is 9.23 Å². The minimum Gasteiger partial charge on any atom is -0.451 e. The molecule has 1 aromatic carbocycles. The van der Waals surface area contributed by atoms with Gasteiger partial charge in [0.25, 0.3) is 0 Å². The van der Waals surface area contributed by atoms with Gasteiger partial charge in [-0.2, -0.15) is 0 Å². The second-order valence-corrected chi connectivity index (χ2v) is 3.90. The van der Waals surface area contributed by atoms with Gasteiger partial charge in [0.2, 0.25) is 0 Å². The van der Waals surface area contributed by atoms with E-state index >= 15 is 0 Å². The molecule has 1 aromatic rings. The lowest BCUT2D eigenvalue weighted by Gasteiger charge is -2.03. The zero-order chi connectivity index (χ0) is 12.0. The van der Waals surface area contributed by atoms with Crippen LogP contribution in [0.5, 0.6) is 0 Å². The topological polar surface area (TPSA) is 52.6 Å². The Hall–Kier alpha value is -0.380. The Morgan fingerprint density at radius 2 is 1.19 bits per heavy atom. The van der Waals surface area contributed by atoms with Crippen LogP contribution in [0.4, 0.5) is 0 Å². The standard InChI is InChI=1S/C10H8I2O4/c11-5-15-9(13)7-1-2-8(4-3-7)10(14)16-6-12/h1-4H,5-6H2. The van der Waals surface area contributed by atoms with Crippen molar-refractivity contribution in [3.8, 4) is 0 Å². The van der Waals surface area contributed by atoms with Gasteiger partial charge in [-0.05, 0) is 69.4 Å². The van der Waals surface area contributed by atoms with E-state index in [4.69, 9.17) is 9.47 Å². The first-order valence-corrected chi connectivity index (χ1v) is 7.30. The molecule has 0 aromatic heterocycles. The molecule has 0 heterocycles. The van der Waals surface area contributed by atoms with Crippen LogP contribution in [0.15, 0.2) is 24.3 Å². The fourth-order valence-electron chi connectivity index (χ4n) is 1.01. The Kier molecular flexibility index (Phi) is 6.03. The number of carbonyl (C=O) groups excluding carboxylic acids is 2. The lowest BCUT2D eigenvalue weighted by molar-refractivity contribution is 0.0576. The van der Waals surface area contributed by atoms with Gasteiger partial charge in [-0.1, -0.05) is 0 Å². The average Bonchev–Trinajstić information content (AvgIpc) is 2.30. The van der Waals surface area contributed by atoms with Crippen LogP contribution in [-0.4, -0.2) is 21.2 Å². The van der Waals surface area contributed by atoms with Crippen LogP contribution < -0.4 is 0 Å². The van der Waals surface area contributed by atoms with E-state index in [0.29, 0.717) is 20.4 Å². The highest BCUT2D eigenvalue weighted by atomic mass is 127. The van der Waals surface area contributed by atoms with Gasteiger partial charge in [-0.15, -0.1) is 0 Å². The van der Waals surface area contributed by atoms with Gasteiger partial charge in [0, 0.05) is 0 Å². The van der Waals surface area contributed by atoms with Gasteiger partial charge in [0.1, 0.15) is 9.23 Å². The summed E-state index contributed by atoms with van der Waals surface area (Å²) in [5.41, 5.74) is 0.838. The minimum absolute atomic E-state index is 0.301. The van der Waals surface area contributed by atoms with Gasteiger partial charge in [0.15, 0.2) is 0 Å². The summed E-state index contributed by atoms with van der Waals surface area (Å²) in [4.78, 5) is 22.6. The highest BCUT2D eigenvalue weighted by molar-refractivity contribution is 14.1. The summed E-state index contributed by atoms with van der Waals surface area (Å²) in [6, 6.07) is 6.16. The maximum absolute atomic E-state index is 11.3. The number of carbonyl (C=O) groups is 2. The second-order valence-electron chi connectivity index (χ2n) is 2.66. The molecule has 0 spiro atoms. The summed E-state index contributed by atoms with van der Waals surface area (Å²) >= 11 is 3.88. The molecule has 0 amide bonds. The third-order valence-corrected chi connectivity index (χ3v) is 2.35. The molecule has 86 valence electrons. The smallest absolute Gasteiger partial charge is 0.338 e. The summed E-state index contributed by atoms with van der Waals surface area (Å²) in [7, 11) is 0. The van der Waals surface area contributed by atoms with E-state index in [9.17, 15) is 9.59 Å². The number of halogens is 2. The number of rotatable bonds is 4. The predicted molar refractivity (Wildman–Crippen MR) is 75.0 cm³/mol. The Morgan fingerprint density at radius 3 is 1.44 bits per heavy atom. The van der Waals surface area contributed by atoms with Crippen molar-refractivity contribution in [3.05, 3.63) is 35.4 Å². The third kappa shape index (κ3) is 3.89. The summed E-state index contributed by atoms with van der Waals surface area (Å²) < 4.78 is 10.2. The molecule has 0 saturated carbocycles. The van der Waals surface area contributed by atoms with Gasteiger partial charge in [-0.25, -0.2) is 9.59 Å². The van der Waals surface area contributed by atoms with Crippen molar-refractivity contribution in [3.63, 3.8) is 0 Å². The van der Waals surface area contributed by atoms with Gasteiger partial charge in [-0.3, -0.25) is 0 Å². The molecule has 0 aliphatic rings. The molecule has 16 heavy (non-hydrogen) atoms. The molecule has 0 aliphatic carbocycles. The van der Waals surface area contributed by atoms with E-state index in [1.54, 1.807) is 24.3 Å². The first-order valence-electron chi connectivity index (χ1n) is 4.25. The zero-order valence-electron chi connectivity index (χ0n) is 8.11. The first kappa shape index (κ1) is 13.7. The average molecular weight is 446 g/mol. The van der Waals surface area contributed by atoms with Crippen molar-refractivity contribution in [2.45, 2.75) is 0 Å². The predicted octanol–water partition coefficient (Wildman–Crippen LogP) is 2.79. The van der Waals surface area contributed by atoms with E-state index in [1.807, 2.05) is 45.2 Å². The van der Waals surface area contributed by atoms with Crippen LogP contribution in [0, 0.1) is 0 Å². The summed E-state index contributed by atoms with van der Waals surface area (Å²) in [5.74, 6) is -0.800. The van der Waals surface area contributed by atoms with Crippen LogP contribution in [0.2, 0.25) is 0 Å². The van der Waals surface area contributed by atoms with Crippen LogP contribution in [-0.2, 0) is 9.47 Å². The Morgan fingerprint density at radius 1 is 0.875 bits per heavy atom. The Labute approximate surface area is 120 Å². The highest BCUT2D eigenvalue weighted by Crippen LogP contribution is 2.08. The highest BCUT2D eigenvalue weighted by Gasteiger charge is 2.09. The summed E-state index contributed by atoms with van der Waals surface area (Å²) in [6.45, 7) is 0. The van der Waals surface area contributed by atoms with E-state index in [-0.39, 0.29) is 0 Å². The first-order chi connectivity index (χ1) is 7.69. The fraction of sp³-hybridized carbons (Fsp3) is 0.200. The van der Waals surface area contributed by atoms with Crippen LogP contribution in [0.3, 0.4) is 0 Å². The number of hydrogen-bond acceptors (Lipinski definition) is 4. The third-order valence-electron chi connectivity index (χ3n) is 1.73. The van der Waals surface area contributed by atoms with Gasteiger partial charge in [0.05, 0.1) is 11.1 Å². The van der Waals surface area contributed by atoms with Gasteiger partial charge >= 0.3 is 11.9 Å². The molecular weight excluding hydrogens is 438 g/mol. The molecule has 4 nitrogen and oxygen atoms in total. The molecule has 0 saturated heterocycles. The van der Waals surface area contributed by atoms with Crippen molar-refractivity contribution < 1.29 is 19.1 Å². The maximum atomic E-state index is 11.3. The van der Waals surface area contributed by atoms with E-state index in [1.165, 1.54) is 0 Å². The number of ether oxygens (including phenoxy) is 2. The Balaban J connectivity index is 2.75. The zero-order valence-corrected chi connectivity index (χ0v) is 12.4. The molecule has 1 rings (SSSR count). The minimum atomic E-state index is -0.400. The van der Waals surface area contributed by atoms with Crippen LogP contribution in [0.1, 0.15) is 20.7 Å². The number of alkyl halides is 2. The quantitative estimate of drug-likeness (QED) is 0.406. The lowest BCUT2D eigenvalue weighted by atomic mass is 10.1. The molecule has 0 atom stereocenters. The van der Waals surface area contributed by atoms with Gasteiger partial charge < -0.3 is 9.47 Å². The van der Waals surface area contributed by atoms with E-state index in [2.05, 4.69) is 0 Å². The van der Waals surface area contributed by atoms with Crippen LogP contribution >= 0.6 is 45.2 Å². The molecular formula is C10H8I2O4. The van der Waals surface area contributed by atoms with Crippen molar-refractivity contribution in [1.82, 2.24) is 0 Å². The molecule has 0 fully saturated rings. The number of benzene rings is 1. The Bertz CT molecular complexity index is 338. The maximum Gasteiger partial charge on any atom is 0.338 e. The van der Waals surface area contributed by atoms with Crippen molar-refractivity contribution >= 4 is 57.1 Å². The summed E-state index contributed by atoms with van der Waals surface area (Å²) in [5, 5.41) is 0. The van der Waals surface area contributed by atoms with Crippen molar-refractivity contribution in [1.29, 1.82) is 0 Å². The molecule has 0 N–H and O–H groups in total. The molecule has 0 unspecified atom stereocenters. The number of esters is 2. The summed E-state index contributed by atoms with van der Waals surface area (Å²) in [6.07, 6.45) is 0. The molecule has 6 heteroatoms. The second kappa shape index (κ2) is 7.05. The van der Waals surface area contributed by atoms with Crippen molar-refractivity contribution in [2.24, 2.45) is 0 Å². The van der Waals surface area contributed by atoms with E-state index in [0.717, 1.165) is 0 Å². The fourth-order valence-corrected chi connectivity index (χ4v) is 1.57. The van der Waals surface area contributed by atoms with E-state index < -0.39 is 11.9 Å². The molecule has 0 bridgehead atoms. The normalized spacial score (nSPS) is 9.62. The van der Waals surface area contributed by atoms with Crippen LogP contribution in [0.25, 0.3) is 0 Å². The largest absolute Gasteiger partial charge is 0.451 e. The molecule has 0 aliphatic heterocycles. The monoisotopic (exact) mass is 446 g/mol. The number of hydrogen-bond donors (Lipinski definition) is 0. The SMILES string of the molecule is O=C(OCI)c1ccc(C(=O)OCI)cc1. The lowest BCUT2D eigenvalue weighted by Crippen LogP contribution is -2.06. The molecule has 0 radical (unpaired) electrons.